The van der Waals surface area contributed by atoms with E-state index in [-0.39, 0.29) is 5.28 Å². The van der Waals surface area contributed by atoms with Crippen LogP contribution in [0.25, 0.3) is 0 Å². The maximum atomic E-state index is 11.2. The van der Waals surface area contributed by atoms with Crippen LogP contribution in [0.2, 0.25) is 5.28 Å². The molecule has 94 valence electrons. The topological polar surface area (TPSA) is 93.5 Å². The van der Waals surface area contributed by atoms with E-state index >= 15 is 0 Å². The lowest BCUT2D eigenvalue weighted by Gasteiger charge is -2.05. The number of aromatic amines is 1. The van der Waals surface area contributed by atoms with E-state index in [9.17, 15) is 9.59 Å². The first-order chi connectivity index (χ1) is 8.45. The molecule has 7 nitrogen and oxygen atoms in total. The van der Waals surface area contributed by atoms with Gasteiger partial charge < -0.3 is 0 Å². The summed E-state index contributed by atoms with van der Waals surface area (Å²) in [5.41, 5.74) is -0.904. The molecule has 0 unspecified atom stereocenters. The highest BCUT2D eigenvalue weighted by molar-refractivity contribution is 7.99. The Hall–Kier alpha value is -1.67. The first-order valence-corrected chi connectivity index (χ1v) is 6.01. The summed E-state index contributed by atoms with van der Waals surface area (Å²) < 4.78 is 1.35. The van der Waals surface area contributed by atoms with E-state index in [0.717, 1.165) is 11.8 Å². The van der Waals surface area contributed by atoms with Gasteiger partial charge in [-0.05, 0) is 36.4 Å². The largest absolute Gasteiger partial charge is 0.339 e. The van der Waals surface area contributed by atoms with E-state index < -0.39 is 11.1 Å². The number of nitrogens with zero attached hydrogens (tertiary/aromatic N) is 4. The monoisotopic (exact) mass is 285 g/mol. The molecular formula is C9H8ClN5O2S. The minimum Gasteiger partial charge on any atom is -0.265 e. The summed E-state index contributed by atoms with van der Waals surface area (Å²) in [6, 6.07) is 1.70. The van der Waals surface area contributed by atoms with Gasteiger partial charge in [-0.3, -0.25) is 19.4 Å². The summed E-state index contributed by atoms with van der Waals surface area (Å²) in [5.74, 6) is 0. The van der Waals surface area contributed by atoms with E-state index in [2.05, 4.69) is 20.1 Å². The zero-order valence-electron chi connectivity index (χ0n) is 9.47. The first kappa shape index (κ1) is 12.8. The van der Waals surface area contributed by atoms with Crippen LogP contribution in [0.15, 0.2) is 25.8 Å². The molecule has 0 aliphatic carbocycles. The smallest absolute Gasteiger partial charge is 0.265 e. The molecule has 0 aromatic carbocycles. The predicted octanol–water partition coefficient (Wildman–Crippen LogP) is 0.372. The average molecular weight is 286 g/mol. The number of aryl methyl sites for hydroxylation is 2. The molecule has 0 bridgehead atoms. The molecule has 0 aliphatic heterocycles. The van der Waals surface area contributed by atoms with Crippen molar-refractivity contribution < 1.29 is 0 Å². The fourth-order valence-electron chi connectivity index (χ4n) is 1.20. The Balaban J connectivity index is 2.43. The number of rotatable bonds is 2. The quantitative estimate of drug-likeness (QED) is 0.487. The third-order valence-electron chi connectivity index (χ3n) is 1.95. The third-order valence-corrected chi connectivity index (χ3v) is 3.08. The number of aromatic nitrogens is 5. The van der Waals surface area contributed by atoms with Crippen LogP contribution in [-0.4, -0.2) is 24.7 Å². The maximum absolute atomic E-state index is 11.2. The van der Waals surface area contributed by atoms with Gasteiger partial charge in [0.15, 0.2) is 5.16 Å². The number of hydrogen-bond donors (Lipinski definition) is 1. The highest BCUT2D eigenvalue weighted by Gasteiger charge is 2.08. The molecule has 2 rings (SSSR count). The number of nitrogens with one attached hydrogen (secondary N) is 1. The Morgan fingerprint density at radius 1 is 1.33 bits per heavy atom. The zero-order chi connectivity index (χ0) is 13.3. The molecule has 2 heterocycles. The Bertz CT molecular complexity index is 691. The van der Waals surface area contributed by atoms with Crippen molar-refractivity contribution in [2.24, 2.45) is 7.05 Å². The lowest BCUT2D eigenvalue weighted by Crippen LogP contribution is -2.33. The summed E-state index contributed by atoms with van der Waals surface area (Å²) in [6.45, 7) is 1.77. The molecule has 2 aromatic rings. The minimum atomic E-state index is -0.840. The molecule has 0 saturated heterocycles. The summed E-state index contributed by atoms with van der Waals surface area (Å²) in [6.07, 6.45) is 0. The van der Waals surface area contributed by atoms with Crippen LogP contribution in [0.3, 0.4) is 0 Å². The molecular weight excluding hydrogens is 278 g/mol. The molecule has 2 aromatic heterocycles. The Kier molecular flexibility index (Phi) is 3.48. The van der Waals surface area contributed by atoms with Gasteiger partial charge in [-0.15, -0.1) is 0 Å². The molecule has 0 fully saturated rings. The van der Waals surface area contributed by atoms with Gasteiger partial charge in [0, 0.05) is 12.7 Å². The summed E-state index contributed by atoms with van der Waals surface area (Å²) >= 11 is 6.84. The summed E-state index contributed by atoms with van der Waals surface area (Å²) in [4.78, 5) is 33.8. The second-order valence-electron chi connectivity index (χ2n) is 3.42. The van der Waals surface area contributed by atoms with Crippen molar-refractivity contribution in [2.75, 3.05) is 0 Å². The van der Waals surface area contributed by atoms with E-state index in [1.807, 2.05) is 0 Å². The van der Waals surface area contributed by atoms with Gasteiger partial charge in [-0.1, -0.05) is 0 Å². The Morgan fingerprint density at radius 2 is 2.06 bits per heavy atom. The first-order valence-electron chi connectivity index (χ1n) is 4.82. The van der Waals surface area contributed by atoms with Gasteiger partial charge in [0.25, 0.3) is 0 Å². The highest BCUT2D eigenvalue weighted by atomic mass is 35.5. The van der Waals surface area contributed by atoms with Crippen molar-refractivity contribution in [3.63, 3.8) is 0 Å². The van der Waals surface area contributed by atoms with Crippen LogP contribution in [0.5, 0.6) is 0 Å². The lowest BCUT2D eigenvalue weighted by atomic mass is 10.5. The predicted molar refractivity (Wildman–Crippen MR) is 66.0 cm³/mol. The minimum absolute atomic E-state index is 0.118. The van der Waals surface area contributed by atoms with Gasteiger partial charge in [0.05, 0.1) is 0 Å². The van der Waals surface area contributed by atoms with Crippen molar-refractivity contribution in [3.8, 4) is 0 Å². The number of hydrogen-bond acceptors (Lipinski definition) is 6. The molecule has 0 aliphatic rings. The second-order valence-corrected chi connectivity index (χ2v) is 4.74. The van der Waals surface area contributed by atoms with Crippen LogP contribution in [-0.2, 0) is 7.05 Å². The lowest BCUT2D eigenvalue weighted by molar-refractivity contribution is 0.596. The van der Waals surface area contributed by atoms with Crippen molar-refractivity contribution in [2.45, 2.75) is 17.1 Å². The normalized spacial score (nSPS) is 10.6. The number of H-pyrrole nitrogens is 1. The molecule has 1 N–H and O–H groups in total. The Morgan fingerprint density at radius 3 is 2.72 bits per heavy atom. The third kappa shape index (κ3) is 2.77. The highest BCUT2D eigenvalue weighted by Crippen LogP contribution is 2.23. The van der Waals surface area contributed by atoms with Crippen LogP contribution in [0, 0.1) is 6.92 Å². The van der Waals surface area contributed by atoms with Gasteiger partial charge >= 0.3 is 11.1 Å². The van der Waals surface area contributed by atoms with E-state index in [4.69, 9.17) is 11.6 Å². The molecule has 18 heavy (non-hydrogen) atoms. The van der Waals surface area contributed by atoms with Crippen molar-refractivity contribution in [1.29, 1.82) is 0 Å². The molecule has 0 atom stereocenters. The van der Waals surface area contributed by atoms with Crippen LogP contribution in [0.1, 0.15) is 5.69 Å². The standard InChI is InChI=1S/C9H8ClN5O2S/c1-4-3-5(12-8(10)11-4)18-9-13-6(16)7(17)14-15(9)2/h3H,1-2H3,(H,14,17). The van der Waals surface area contributed by atoms with Gasteiger partial charge in [-0.2, -0.15) is 4.98 Å². The molecule has 0 saturated carbocycles. The van der Waals surface area contributed by atoms with E-state index in [1.165, 1.54) is 4.68 Å². The van der Waals surface area contributed by atoms with Gasteiger partial charge in [0.1, 0.15) is 5.03 Å². The van der Waals surface area contributed by atoms with Gasteiger partial charge in [0.2, 0.25) is 5.28 Å². The summed E-state index contributed by atoms with van der Waals surface area (Å²) in [5, 5.41) is 3.32. The molecule has 0 radical (unpaired) electrons. The fourth-order valence-corrected chi connectivity index (χ4v) is 2.34. The van der Waals surface area contributed by atoms with Crippen molar-refractivity contribution in [1.82, 2.24) is 24.7 Å². The SMILES string of the molecule is Cc1cc(Sc2nc(=O)c(=O)[nH]n2C)nc(Cl)n1. The second kappa shape index (κ2) is 4.91. The van der Waals surface area contributed by atoms with E-state index in [0.29, 0.717) is 15.9 Å². The molecule has 0 amide bonds. The van der Waals surface area contributed by atoms with Crippen molar-refractivity contribution >= 4 is 23.4 Å². The molecule has 0 spiro atoms. The number of halogens is 1. The van der Waals surface area contributed by atoms with Crippen LogP contribution >= 0.6 is 23.4 Å². The maximum Gasteiger partial charge on any atom is 0.339 e. The van der Waals surface area contributed by atoms with Crippen LogP contribution in [0.4, 0.5) is 0 Å². The molecule has 9 heteroatoms. The zero-order valence-corrected chi connectivity index (χ0v) is 11.0. The fraction of sp³-hybridized carbons (Fsp3) is 0.222. The average Bonchev–Trinajstić information content (AvgIpc) is 2.24. The van der Waals surface area contributed by atoms with Crippen LogP contribution < -0.4 is 11.1 Å². The van der Waals surface area contributed by atoms with Gasteiger partial charge in [-0.25, -0.2) is 9.97 Å². The van der Waals surface area contributed by atoms with Crippen molar-refractivity contribution in [3.05, 3.63) is 37.8 Å². The summed E-state index contributed by atoms with van der Waals surface area (Å²) in [7, 11) is 1.58. The van der Waals surface area contributed by atoms with E-state index in [1.54, 1.807) is 20.0 Å². The Labute approximate surface area is 110 Å².